The first-order chi connectivity index (χ1) is 7.43. The molecular formula is C10H13NO5. The third-order valence-corrected chi connectivity index (χ3v) is 2.18. The summed E-state index contributed by atoms with van der Waals surface area (Å²) in [4.78, 5) is 22.0. The van der Waals surface area contributed by atoms with Crippen molar-refractivity contribution in [1.29, 1.82) is 0 Å². The van der Waals surface area contributed by atoms with Crippen LogP contribution in [0, 0.1) is 0 Å². The Morgan fingerprint density at radius 1 is 1.56 bits per heavy atom. The fourth-order valence-electron chi connectivity index (χ4n) is 1.17. The van der Waals surface area contributed by atoms with Crippen molar-refractivity contribution in [2.45, 2.75) is 25.2 Å². The zero-order valence-electron chi connectivity index (χ0n) is 8.66. The van der Waals surface area contributed by atoms with Crippen LogP contribution in [0.3, 0.4) is 0 Å². The Labute approximate surface area is 92.0 Å². The molecule has 0 fully saturated rings. The van der Waals surface area contributed by atoms with E-state index in [9.17, 15) is 14.7 Å². The summed E-state index contributed by atoms with van der Waals surface area (Å²) in [5, 5.41) is 17.9. The Hall–Kier alpha value is -1.66. The lowest BCUT2D eigenvalue weighted by Gasteiger charge is -2.21. The van der Waals surface area contributed by atoms with E-state index in [2.05, 4.69) is 4.74 Å². The van der Waals surface area contributed by atoms with Crippen LogP contribution in [-0.2, 0) is 14.3 Å². The lowest BCUT2D eigenvalue weighted by molar-refractivity contribution is -0.160. The van der Waals surface area contributed by atoms with Gasteiger partial charge in [0.05, 0.1) is 17.7 Å². The van der Waals surface area contributed by atoms with Gasteiger partial charge in [0.15, 0.2) is 6.10 Å². The number of carbonyl (C=O) groups is 2. The average Bonchev–Trinajstić information content (AvgIpc) is 2.21. The Bertz CT molecular complexity index is 360. The van der Waals surface area contributed by atoms with Crippen molar-refractivity contribution in [3.8, 4) is 0 Å². The Morgan fingerprint density at radius 2 is 2.19 bits per heavy atom. The van der Waals surface area contributed by atoms with E-state index in [-0.39, 0.29) is 5.57 Å². The molecule has 3 atom stereocenters. The first kappa shape index (κ1) is 12.4. The number of esters is 1. The van der Waals surface area contributed by atoms with E-state index >= 15 is 0 Å². The van der Waals surface area contributed by atoms with Crippen molar-refractivity contribution in [2.75, 3.05) is 0 Å². The van der Waals surface area contributed by atoms with Gasteiger partial charge in [0.1, 0.15) is 0 Å². The second-order valence-corrected chi connectivity index (χ2v) is 3.41. The smallest absolute Gasteiger partial charge is 0.344 e. The summed E-state index contributed by atoms with van der Waals surface area (Å²) in [7, 11) is 0. The molecule has 1 aliphatic rings. The second kappa shape index (κ2) is 4.91. The number of hydrogen-bond acceptors (Lipinski definition) is 5. The lowest BCUT2D eigenvalue weighted by Crippen LogP contribution is -2.40. The van der Waals surface area contributed by atoms with Crippen molar-refractivity contribution in [1.82, 2.24) is 0 Å². The highest BCUT2D eigenvalue weighted by Gasteiger charge is 2.28. The van der Waals surface area contributed by atoms with Crippen LogP contribution in [0.5, 0.6) is 0 Å². The topological polar surface area (TPSA) is 110 Å². The van der Waals surface area contributed by atoms with Crippen LogP contribution in [-0.4, -0.2) is 40.4 Å². The predicted molar refractivity (Wildman–Crippen MR) is 54.4 cm³/mol. The van der Waals surface area contributed by atoms with Crippen LogP contribution < -0.4 is 5.73 Å². The molecule has 0 aromatic carbocycles. The van der Waals surface area contributed by atoms with Crippen molar-refractivity contribution in [3.63, 3.8) is 0 Å². The SMILES string of the molecule is C[C@@H](OC(=O)C1=CC=C[C@H](O)[C@H]1N)C(=O)O. The number of aliphatic hydroxyl groups excluding tert-OH is 1. The van der Waals surface area contributed by atoms with Gasteiger partial charge in [0.25, 0.3) is 0 Å². The predicted octanol–water partition coefficient (Wildman–Crippen LogP) is -0.813. The summed E-state index contributed by atoms with van der Waals surface area (Å²) in [5.41, 5.74) is 5.62. The highest BCUT2D eigenvalue weighted by molar-refractivity contribution is 5.92. The zero-order valence-corrected chi connectivity index (χ0v) is 8.66. The molecule has 0 heterocycles. The third kappa shape index (κ3) is 2.68. The summed E-state index contributed by atoms with van der Waals surface area (Å²) in [6, 6.07) is -0.890. The van der Waals surface area contributed by atoms with E-state index in [4.69, 9.17) is 10.8 Å². The number of ether oxygens (including phenoxy) is 1. The fourth-order valence-corrected chi connectivity index (χ4v) is 1.17. The summed E-state index contributed by atoms with van der Waals surface area (Å²) in [6.07, 6.45) is 2.09. The molecule has 0 aromatic rings. The van der Waals surface area contributed by atoms with Gasteiger partial charge in [-0.05, 0) is 6.92 Å². The number of aliphatic hydroxyl groups is 1. The molecule has 0 bridgehead atoms. The first-order valence-corrected chi connectivity index (χ1v) is 4.69. The number of carboxylic acid groups (broad SMARTS) is 1. The summed E-state index contributed by atoms with van der Waals surface area (Å²) < 4.78 is 4.64. The van der Waals surface area contributed by atoms with Gasteiger partial charge in [0.2, 0.25) is 0 Å². The molecule has 6 heteroatoms. The average molecular weight is 227 g/mol. The number of rotatable bonds is 3. The molecule has 16 heavy (non-hydrogen) atoms. The molecule has 0 spiro atoms. The third-order valence-electron chi connectivity index (χ3n) is 2.18. The molecule has 1 aliphatic carbocycles. The van der Waals surface area contributed by atoms with Gasteiger partial charge in [0, 0.05) is 0 Å². The van der Waals surface area contributed by atoms with Crippen LogP contribution >= 0.6 is 0 Å². The normalized spacial score (nSPS) is 25.8. The molecule has 0 saturated carbocycles. The molecule has 88 valence electrons. The zero-order chi connectivity index (χ0) is 12.3. The molecule has 0 aromatic heterocycles. The molecular weight excluding hydrogens is 214 g/mol. The quantitative estimate of drug-likeness (QED) is 0.544. The maximum atomic E-state index is 11.5. The monoisotopic (exact) mass is 227 g/mol. The number of nitrogens with two attached hydrogens (primary N) is 1. The lowest BCUT2D eigenvalue weighted by atomic mass is 9.97. The summed E-state index contributed by atoms with van der Waals surface area (Å²) >= 11 is 0. The van der Waals surface area contributed by atoms with Crippen molar-refractivity contribution in [2.24, 2.45) is 5.73 Å². The minimum Gasteiger partial charge on any atom is -0.479 e. The van der Waals surface area contributed by atoms with Gasteiger partial charge in [-0.25, -0.2) is 9.59 Å². The number of hydrogen-bond donors (Lipinski definition) is 3. The maximum Gasteiger partial charge on any atom is 0.344 e. The first-order valence-electron chi connectivity index (χ1n) is 4.69. The Kier molecular flexibility index (Phi) is 3.81. The van der Waals surface area contributed by atoms with Crippen molar-refractivity contribution >= 4 is 11.9 Å². The molecule has 0 radical (unpaired) electrons. The van der Waals surface area contributed by atoms with Gasteiger partial charge in [-0.1, -0.05) is 18.2 Å². The number of aliphatic carboxylic acids is 1. The molecule has 0 amide bonds. The molecule has 0 aliphatic heterocycles. The minimum atomic E-state index is -1.25. The standard InChI is InChI=1S/C10H13NO5/c1-5(9(13)14)16-10(15)6-3-2-4-7(12)8(6)11/h2-5,7-8,12H,11H2,1H3,(H,13,14)/t5-,7+,8+/m1/s1. The van der Waals surface area contributed by atoms with E-state index in [0.29, 0.717) is 0 Å². The van der Waals surface area contributed by atoms with Gasteiger partial charge < -0.3 is 20.7 Å². The van der Waals surface area contributed by atoms with Crippen LogP contribution in [0.2, 0.25) is 0 Å². The molecule has 0 unspecified atom stereocenters. The maximum absolute atomic E-state index is 11.5. The summed E-state index contributed by atoms with van der Waals surface area (Å²) in [6.45, 7) is 1.24. The molecule has 1 rings (SSSR count). The van der Waals surface area contributed by atoms with Crippen molar-refractivity contribution in [3.05, 3.63) is 23.8 Å². The van der Waals surface area contributed by atoms with Crippen LogP contribution in [0.1, 0.15) is 6.92 Å². The van der Waals surface area contributed by atoms with Crippen LogP contribution in [0.25, 0.3) is 0 Å². The van der Waals surface area contributed by atoms with Crippen LogP contribution in [0.4, 0.5) is 0 Å². The largest absolute Gasteiger partial charge is 0.479 e. The van der Waals surface area contributed by atoms with Gasteiger partial charge >= 0.3 is 11.9 Å². The molecule has 4 N–H and O–H groups in total. The fraction of sp³-hybridized carbons (Fsp3) is 0.400. The minimum absolute atomic E-state index is 0.0584. The van der Waals surface area contributed by atoms with Gasteiger partial charge in [-0.2, -0.15) is 0 Å². The number of carbonyl (C=O) groups excluding carboxylic acids is 1. The molecule has 6 nitrogen and oxygen atoms in total. The van der Waals surface area contributed by atoms with Gasteiger partial charge in [-0.3, -0.25) is 0 Å². The van der Waals surface area contributed by atoms with E-state index in [1.807, 2.05) is 0 Å². The van der Waals surface area contributed by atoms with E-state index < -0.39 is 30.2 Å². The van der Waals surface area contributed by atoms with E-state index in [1.54, 1.807) is 0 Å². The van der Waals surface area contributed by atoms with Gasteiger partial charge in [-0.15, -0.1) is 0 Å². The second-order valence-electron chi connectivity index (χ2n) is 3.41. The Morgan fingerprint density at radius 3 is 2.75 bits per heavy atom. The van der Waals surface area contributed by atoms with E-state index in [0.717, 1.165) is 0 Å². The number of allylic oxidation sites excluding steroid dienone is 2. The number of carboxylic acids is 1. The van der Waals surface area contributed by atoms with Crippen LogP contribution in [0.15, 0.2) is 23.8 Å². The van der Waals surface area contributed by atoms with Crippen molar-refractivity contribution < 1.29 is 24.5 Å². The summed E-state index contributed by atoms with van der Waals surface area (Å²) in [5.74, 6) is -2.07. The highest BCUT2D eigenvalue weighted by Crippen LogP contribution is 2.14. The Balaban J connectivity index is 2.71. The molecule has 0 saturated heterocycles. The van der Waals surface area contributed by atoms with E-state index in [1.165, 1.54) is 25.2 Å². The highest BCUT2D eigenvalue weighted by atomic mass is 16.6.